The second-order valence-corrected chi connectivity index (χ2v) is 6.60. The molecule has 5 heteroatoms. The van der Waals surface area contributed by atoms with Gasteiger partial charge in [-0.25, -0.2) is 4.79 Å². The number of carbonyl (C=O) groups excluding carboxylic acids is 1. The molecule has 144 valence electrons. The predicted octanol–water partition coefficient (Wildman–Crippen LogP) is 4.59. The lowest BCUT2D eigenvalue weighted by Crippen LogP contribution is -2.27. The summed E-state index contributed by atoms with van der Waals surface area (Å²) in [5.41, 5.74) is 4.91. The molecule has 0 atom stereocenters. The van der Waals surface area contributed by atoms with E-state index < -0.39 is 6.09 Å². The molecule has 0 fully saturated rings. The summed E-state index contributed by atoms with van der Waals surface area (Å²) < 4.78 is 10.8. The van der Waals surface area contributed by atoms with E-state index in [0.29, 0.717) is 5.75 Å². The maximum absolute atomic E-state index is 12.2. The minimum absolute atomic E-state index is 0.269. The lowest BCUT2D eigenvalue weighted by Gasteiger charge is -2.13. The third-order valence-corrected chi connectivity index (χ3v) is 4.51. The fourth-order valence-corrected chi connectivity index (χ4v) is 3.10. The fourth-order valence-electron chi connectivity index (χ4n) is 3.10. The first-order valence-corrected chi connectivity index (χ1v) is 9.14. The van der Waals surface area contributed by atoms with E-state index in [2.05, 4.69) is 22.4 Å². The highest BCUT2D eigenvalue weighted by Gasteiger charge is 2.11. The highest BCUT2D eigenvalue weighted by atomic mass is 16.6. The van der Waals surface area contributed by atoms with Gasteiger partial charge in [0.1, 0.15) is 11.5 Å². The SMILES string of the molecule is COc1c(C)cnc(CNC(=O)Oc2cccc(Cc3ccccc3)c2)c1C. The molecule has 0 aliphatic rings. The molecule has 0 aliphatic carbocycles. The monoisotopic (exact) mass is 376 g/mol. The Morgan fingerprint density at radius 1 is 1.04 bits per heavy atom. The molecular weight excluding hydrogens is 352 g/mol. The minimum Gasteiger partial charge on any atom is -0.496 e. The van der Waals surface area contributed by atoms with Crippen LogP contribution in [0.1, 0.15) is 27.9 Å². The molecule has 1 aromatic heterocycles. The summed E-state index contributed by atoms with van der Waals surface area (Å²) in [6.45, 7) is 4.13. The van der Waals surface area contributed by atoms with Crippen LogP contribution in [0.15, 0.2) is 60.8 Å². The Hall–Kier alpha value is -3.34. The molecule has 0 unspecified atom stereocenters. The van der Waals surface area contributed by atoms with Crippen molar-refractivity contribution in [2.45, 2.75) is 26.8 Å². The first kappa shape index (κ1) is 19.4. The van der Waals surface area contributed by atoms with Crippen LogP contribution in [0.2, 0.25) is 0 Å². The summed E-state index contributed by atoms with van der Waals surface area (Å²) in [7, 11) is 1.63. The van der Waals surface area contributed by atoms with Crippen LogP contribution in [0, 0.1) is 13.8 Å². The largest absolute Gasteiger partial charge is 0.496 e. The molecule has 1 amide bonds. The molecule has 0 bridgehead atoms. The lowest BCUT2D eigenvalue weighted by molar-refractivity contribution is 0.200. The van der Waals surface area contributed by atoms with Crippen LogP contribution in [0.25, 0.3) is 0 Å². The van der Waals surface area contributed by atoms with E-state index in [0.717, 1.165) is 34.6 Å². The number of nitrogens with one attached hydrogen (secondary N) is 1. The van der Waals surface area contributed by atoms with Crippen molar-refractivity contribution in [3.63, 3.8) is 0 Å². The number of ether oxygens (including phenoxy) is 2. The molecule has 0 saturated heterocycles. The van der Waals surface area contributed by atoms with Crippen LogP contribution in [0.5, 0.6) is 11.5 Å². The summed E-state index contributed by atoms with van der Waals surface area (Å²) in [6.07, 6.45) is 2.00. The lowest BCUT2D eigenvalue weighted by atomic mass is 10.1. The number of aryl methyl sites for hydroxylation is 1. The van der Waals surface area contributed by atoms with Crippen molar-refractivity contribution in [2.75, 3.05) is 7.11 Å². The van der Waals surface area contributed by atoms with Crippen molar-refractivity contribution in [3.8, 4) is 11.5 Å². The number of aromatic nitrogens is 1. The number of benzene rings is 2. The van der Waals surface area contributed by atoms with Gasteiger partial charge >= 0.3 is 6.09 Å². The highest BCUT2D eigenvalue weighted by Crippen LogP contribution is 2.24. The van der Waals surface area contributed by atoms with Crippen LogP contribution < -0.4 is 14.8 Å². The van der Waals surface area contributed by atoms with Crippen LogP contribution >= 0.6 is 0 Å². The van der Waals surface area contributed by atoms with Gasteiger partial charge < -0.3 is 14.8 Å². The quantitative estimate of drug-likeness (QED) is 0.684. The van der Waals surface area contributed by atoms with Gasteiger partial charge in [0.05, 0.1) is 19.3 Å². The number of hydrogen-bond acceptors (Lipinski definition) is 4. The van der Waals surface area contributed by atoms with E-state index >= 15 is 0 Å². The molecule has 5 nitrogen and oxygen atoms in total. The number of carbonyl (C=O) groups is 1. The van der Waals surface area contributed by atoms with Crippen molar-refractivity contribution < 1.29 is 14.3 Å². The molecule has 0 saturated carbocycles. The third kappa shape index (κ3) is 4.88. The Balaban J connectivity index is 1.60. The smallest absolute Gasteiger partial charge is 0.412 e. The van der Waals surface area contributed by atoms with Gasteiger partial charge in [-0.2, -0.15) is 0 Å². The number of amides is 1. The highest BCUT2D eigenvalue weighted by molar-refractivity contribution is 5.70. The first-order valence-electron chi connectivity index (χ1n) is 9.14. The van der Waals surface area contributed by atoms with Crippen molar-refractivity contribution in [2.24, 2.45) is 0 Å². The van der Waals surface area contributed by atoms with Crippen LogP contribution in [-0.2, 0) is 13.0 Å². The summed E-state index contributed by atoms with van der Waals surface area (Å²) >= 11 is 0. The Morgan fingerprint density at radius 3 is 2.54 bits per heavy atom. The zero-order valence-electron chi connectivity index (χ0n) is 16.4. The number of pyridine rings is 1. The molecule has 0 spiro atoms. The molecular formula is C23H24N2O3. The second-order valence-electron chi connectivity index (χ2n) is 6.60. The summed E-state index contributed by atoms with van der Waals surface area (Å²) in [6, 6.07) is 17.7. The molecule has 1 heterocycles. The molecule has 28 heavy (non-hydrogen) atoms. The molecule has 0 radical (unpaired) electrons. The van der Waals surface area contributed by atoms with E-state index in [1.54, 1.807) is 19.4 Å². The van der Waals surface area contributed by atoms with Gasteiger partial charge in [-0.3, -0.25) is 4.98 Å². The Labute approximate surface area is 165 Å². The van der Waals surface area contributed by atoms with Crippen molar-refractivity contribution in [3.05, 3.63) is 88.7 Å². The Morgan fingerprint density at radius 2 is 1.79 bits per heavy atom. The van der Waals surface area contributed by atoms with E-state index in [1.807, 2.05) is 50.2 Å². The normalized spacial score (nSPS) is 10.4. The number of hydrogen-bond donors (Lipinski definition) is 1. The van der Waals surface area contributed by atoms with Gasteiger partial charge in [-0.15, -0.1) is 0 Å². The summed E-state index contributed by atoms with van der Waals surface area (Å²) in [5.74, 6) is 1.30. The second kappa shape index (κ2) is 9.04. The standard InChI is InChI=1S/C23H24N2O3/c1-16-14-24-21(17(2)22(16)27-3)15-25-23(26)28-20-11-7-10-19(13-20)12-18-8-5-4-6-9-18/h4-11,13-14H,12,15H2,1-3H3,(H,25,26). The first-order chi connectivity index (χ1) is 13.6. The Kier molecular flexibility index (Phi) is 6.27. The zero-order valence-corrected chi connectivity index (χ0v) is 16.4. The fraction of sp³-hybridized carbons (Fsp3) is 0.217. The zero-order chi connectivity index (χ0) is 19.9. The maximum atomic E-state index is 12.2. The van der Waals surface area contributed by atoms with Gasteiger partial charge in [-0.1, -0.05) is 42.5 Å². The molecule has 3 aromatic rings. The average molecular weight is 376 g/mol. The molecule has 1 N–H and O–H groups in total. The van der Waals surface area contributed by atoms with Crippen molar-refractivity contribution >= 4 is 6.09 Å². The topological polar surface area (TPSA) is 60.5 Å². The molecule has 2 aromatic carbocycles. The van der Waals surface area contributed by atoms with Gasteiger partial charge in [-0.05, 0) is 43.5 Å². The average Bonchev–Trinajstić information content (AvgIpc) is 2.69. The van der Waals surface area contributed by atoms with E-state index in [1.165, 1.54) is 5.56 Å². The summed E-state index contributed by atoms with van der Waals surface area (Å²) in [4.78, 5) is 16.6. The Bertz CT molecular complexity index is 955. The van der Waals surface area contributed by atoms with Crippen LogP contribution in [0.3, 0.4) is 0 Å². The number of rotatable bonds is 6. The third-order valence-electron chi connectivity index (χ3n) is 4.51. The molecule has 0 aliphatic heterocycles. The number of nitrogens with zero attached hydrogens (tertiary/aromatic N) is 1. The van der Waals surface area contributed by atoms with Crippen molar-refractivity contribution in [1.29, 1.82) is 0 Å². The van der Waals surface area contributed by atoms with Gasteiger partial charge in [0, 0.05) is 17.3 Å². The van der Waals surface area contributed by atoms with Crippen LogP contribution in [-0.4, -0.2) is 18.2 Å². The van der Waals surface area contributed by atoms with Gasteiger partial charge in [0.25, 0.3) is 0 Å². The van der Waals surface area contributed by atoms with Crippen molar-refractivity contribution in [1.82, 2.24) is 10.3 Å². The molecule has 3 rings (SSSR count). The number of methoxy groups -OCH3 is 1. The predicted molar refractivity (Wildman–Crippen MR) is 109 cm³/mol. The maximum Gasteiger partial charge on any atom is 0.412 e. The van der Waals surface area contributed by atoms with E-state index in [4.69, 9.17) is 9.47 Å². The van der Waals surface area contributed by atoms with Gasteiger partial charge in [0.15, 0.2) is 0 Å². The summed E-state index contributed by atoms with van der Waals surface area (Å²) in [5, 5.41) is 2.75. The van der Waals surface area contributed by atoms with E-state index in [-0.39, 0.29) is 6.54 Å². The minimum atomic E-state index is -0.516. The van der Waals surface area contributed by atoms with Crippen LogP contribution in [0.4, 0.5) is 4.79 Å². The van der Waals surface area contributed by atoms with Gasteiger partial charge in [0.2, 0.25) is 0 Å². The van der Waals surface area contributed by atoms with E-state index in [9.17, 15) is 4.79 Å².